The normalized spacial score (nSPS) is 30.9. The number of pyridine rings is 1. The van der Waals surface area contributed by atoms with Gasteiger partial charge in [-0.1, -0.05) is 57.9 Å². The van der Waals surface area contributed by atoms with E-state index in [-0.39, 0.29) is 31.4 Å². The number of nitrogens with one attached hydrogen (secondary N) is 3. The Morgan fingerprint density at radius 2 is 1.82 bits per heavy atom. The number of ether oxygens (including phenoxy) is 3. The second-order valence-corrected chi connectivity index (χ2v) is 21.3. The molecule has 8 rings (SSSR count). The average Bonchev–Trinajstić information content (AvgIpc) is 4.16. The summed E-state index contributed by atoms with van der Waals surface area (Å²) in [6.45, 7) is 14.5. The van der Waals surface area contributed by atoms with Gasteiger partial charge in [0.25, 0.3) is 5.91 Å². The number of hydrogen-bond donors (Lipinski definition) is 3. The van der Waals surface area contributed by atoms with E-state index in [2.05, 4.69) is 32.9 Å². The third kappa shape index (κ3) is 8.61. The second kappa shape index (κ2) is 16.2. The SMILES string of the molecule is C=C[C@H]1C[C@]1(NC(=O)[C@@H]1C[C@@H]2CN1C(=O)[C@H](C(C)(C)C)NC(=O)O[C@@H]1C[C@H]1CCCCCc1c(nc3ccccc3c1CN1CCOCC1)O2)C(=O)NS(=O)(=O)C1(C)CC1. The molecule has 2 saturated heterocycles. The summed E-state index contributed by atoms with van der Waals surface area (Å²) in [5.74, 6) is -1.76. The quantitative estimate of drug-likeness (QED) is 0.325. The van der Waals surface area contributed by atoms with Crippen molar-refractivity contribution in [1.29, 1.82) is 0 Å². The first kappa shape index (κ1) is 42.4. The van der Waals surface area contributed by atoms with Crippen LogP contribution in [0, 0.1) is 17.3 Å². The summed E-state index contributed by atoms with van der Waals surface area (Å²) in [5, 5.41) is 6.77. The molecule has 1 aromatic heterocycles. The molecule has 6 aliphatic rings. The minimum Gasteiger partial charge on any atom is -0.472 e. The van der Waals surface area contributed by atoms with Gasteiger partial charge in [0.15, 0.2) is 0 Å². The summed E-state index contributed by atoms with van der Waals surface area (Å²) in [7, 11) is -4.00. The molecule has 2 aromatic rings. The topological polar surface area (TPSA) is 186 Å². The average molecular weight is 849 g/mol. The number of benzene rings is 1. The van der Waals surface area contributed by atoms with Gasteiger partial charge in [-0.05, 0) is 74.8 Å². The van der Waals surface area contributed by atoms with Crippen LogP contribution in [0.25, 0.3) is 10.9 Å². The molecule has 15 nitrogen and oxygen atoms in total. The Bertz CT molecular complexity index is 2150. The molecule has 0 radical (unpaired) electrons. The predicted octanol–water partition coefficient (Wildman–Crippen LogP) is 4.12. The summed E-state index contributed by atoms with van der Waals surface area (Å²) in [5.41, 5.74) is 0.577. The van der Waals surface area contributed by atoms with Crippen LogP contribution in [-0.4, -0.2) is 114 Å². The van der Waals surface area contributed by atoms with Crippen molar-refractivity contribution in [2.24, 2.45) is 17.3 Å². The molecule has 7 atom stereocenters. The molecule has 1 aromatic carbocycles. The van der Waals surface area contributed by atoms with Gasteiger partial charge in [-0.15, -0.1) is 6.58 Å². The van der Waals surface area contributed by atoms with Gasteiger partial charge in [0, 0.05) is 42.9 Å². The minimum absolute atomic E-state index is 0.00547. The van der Waals surface area contributed by atoms with Gasteiger partial charge in [0.05, 0.1) is 30.0 Å². The number of para-hydroxylation sites is 1. The Labute approximate surface area is 352 Å². The first-order valence-electron chi connectivity index (χ1n) is 21.7. The van der Waals surface area contributed by atoms with Crippen molar-refractivity contribution in [3.63, 3.8) is 0 Å². The van der Waals surface area contributed by atoms with Gasteiger partial charge in [0.1, 0.15) is 29.8 Å². The lowest BCUT2D eigenvalue weighted by molar-refractivity contribution is -0.142. The van der Waals surface area contributed by atoms with E-state index in [0.29, 0.717) is 44.9 Å². The fourth-order valence-electron chi connectivity index (χ4n) is 9.12. The standard InChI is InChI=1S/C44H60N6O9S/c1-6-28-24-44(28,40(53)48-60(55,56)43(5)16-17-43)47-37(51)34-23-29-25-50(34)39(52)36(42(2,3)4)46-41(54)59-35-22-27(35)12-8-7-9-14-31-32(26-49-18-20-57-21-19-49)30-13-10-11-15-33(30)45-38(31)58-29/h6,10-11,13,15,27-29,34-36H,1,7-9,12,14,16-26H2,2-5H3,(H,46,54)(H,47,51)(H,48,53)/t27-,28+,29-,34+,35-,36-,44-/m1/s1. The number of carbonyl (C=O) groups is 4. The van der Waals surface area contributed by atoms with Gasteiger partial charge >= 0.3 is 6.09 Å². The highest BCUT2D eigenvalue weighted by molar-refractivity contribution is 7.91. The van der Waals surface area contributed by atoms with E-state index in [1.807, 2.05) is 39.0 Å². The van der Waals surface area contributed by atoms with Gasteiger partial charge in [-0.2, -0.15) is 0 Å². The Kier molecular flexibility index (Phi) is 11.5. The maximum atomic E-state index is 14.8. The fourth-order valence-corrected chi connectivity index (χ4v) is 10.4. The Balaban J connectivity index is 1.15. The molecule has 3 aliphatic carbocycles. The molecule has 16 heteroatoms. The zero-order chi connectivity index (χ0) is 42.6. The summed E-state index contributed by atoms with van der Waals surface area (Å²) in [6.07, 6.45) is 6.28. The predicted molar refractivity (Wildman–Crippen MR) is 223 cm³/mol. The van der Waals surface area contributed by atoms with Crippen LogP contribution in [0.5, 0.6) is 5.88 Å². The number of sulfonamides is 1. The molecular formula is C44H60N6O9S. The van der Waals surface area contributed by atoms with Crippen molar-refractivity contribution in [3.8, 4) is 5.88 Å². The van der Waals surface area contributed by atoms with Crippen LogP contribution < -0.4 is 20.1 Å². The van der Waals surface area contributed by atoms with Crippen molar-refractivity contribution in [2.75, 3.05) is 32.8 Å². The maximum absolute atomic E-state index is 14.8. The van der Waals surface area contributed by atoms with Crippen molar-refractivity contribution < 1.29 is 41.8 Å². The zero-order valence-corrected chi connectivity index (χ0v) is 36.1. The highest BCUT2D eigenvalue weighted by Gasteiger charge is 2.63. The molecule has 4 heterocycles. The Morgan fingerprint density at radius 3 is 2.52 bits per heavy atom. The van der Waals surface area contributed by atoms with Crippen LogP contribution in [-0.2, 0) is 46.8 Å². The molecule has 60 heavy (non-hydrogen) atoms. The third-order valence-electron chi connectivity index (χ3n) is 13.6. The second-order valence-electron chi connectivity index (χ2n) is 19.1. The molecule has 4 amide bonds. The molecule has 3 aliphatic heterocycles. The number of hydrogen-bond acceptors (Lipinski definition) is 11. The Morgan fingerprint density at radius 1 is 1.07 bits per heavy atom. The number of amides is 4. The first-order valence-corrected chi connectivity index (χ1v) is 23.2. The summed E-state index contributed by atoms with van der Waals surface area (Å²) in [4.78, 5) is 65.6. The number of nitrogens with zero attached hydrogens (tertiary/aromatic N) is 3. The number of morpholine rings is 1. The smallest absolute Gasteiger partial charge is 0.408 e. The van der Waals surface area contributed by atoms with Crippen molar-refractivity contribution in [1.82, 2.24) is 30.1 Å². The van der Waals surface area contributed by atoms with Crippen LogP contribution in [0.15, 0.2) is 36.9 Å². The highest BCUT2D eigenvalue weighted by atomic mass is 32.2. The summed E-state index contributed by atoms with van der Waals surface area (Å²) in [6, 6.07) is 5.83. The van der Waals surface area contributed by atoms with E-state index in [0.717, 1.165) is 67.2 Å². The lowest BCUT2D eigenvalue weighted by atomic mass is 9.85. The number of alkyl carbamates (subject to hydrolysis) is 1. The van der Waals surface area contributed by atoms with Crippen molar-refractivity contribution in [3.05, 3.63) is 48.0 Å². The Hall–Kier alpha value is -4.28. The van der Waals surface area contributed by atoms with Crippen molar-refractivity contribution in [2.45, 2.75) is 133 Å². The number of rotatable bonds is 8. The van der Waals surface area contributed by atoms with E-state index in [1.165, 1.54) is 11.0 Å². The van der Waals surface area contributed by atoms with E-state index < -0.39 is 73.6 Å². The van der Waals surface area contributed by atoms with Crippen LogP contribution in [0.1, 0.15) is 96.6 Å². The van der Waals surface area contributed by atoms with Crippen molar-refractivity contribution >= 4 is 44.7 Å². The largest absolute Gasteiger partial charge is 0.472 e. The monoisotopic (exact) mass is 848 g/mol. The molecule has 0 spiro atoms. The van der Waals surface area contributed by atoms with Gasteiger partial charge in [-0.3, -0.25) is 24.0 Å². The molecule has 3 N–H and O–H groups in total. The molecule has 5 fully saturated rings. The van der Waals surface area contributed by atoms with E-state index in [9.17, 15) is 27.6 Å². The van der Waals surface area contributed by atoms with Gasteiger partial charge < -0.3 is 29.7 Å². The van der Waals surface area contributed by atoms with E-state index >= 15 is 0 Å². The van der Waals surface area contributed by atoms with Gasteiger partial charge in [-0.25, -0.2) is 18.2 Å². The molecule has 326 valence electrons. The van der Waals surface area contributed by atoms with E-state index in [1.54, 1.807) is 6.92 Å². The third-order valence-corrected chi connectivity index (χ3v) is 15.7. The first-order chi connectivity index (χ1) is 28.5. The number of carbonyl (C=O) groups excluding carboxylic acids is 4. The summed E-state index contributed by atoms with van der Waals surface area (Å²) >= 11 is 0. The maximum Gasteiger partial charge on any atom is 0.408 e. The summed E-state index contributed by atoms with van der Waals surface area (Å²) < 4.78 is 45.9. The number of fused-ring (bicyclic) bond motifs is 5. The van der Waals surface area contributed by atoms with E-state index in [4.69, 9.17) is 19.2 Å². The lowest BCUT2D eigenvalue weighted by Gasteiger charge is -2.35. The molecule has 0 unspecified atom stereocenters. The van der Waals surface area contributed by atoms with Crippen LogP contribution in [0.2, 0.25) is 0 Å². The molecule has 2 bridgehead atoms. The van der Waals surface area contributed by atoms with Crippen LogP contribution in [0.3, 0.4) is 0 Å². The highest BCUT2D eigenvalue weighted by Crippen LogP contribution is 2.47. The fraction of sp³-hybridized carbons (Fsp3) is 0.659. The lowest BCUT2D eigenvalue weighted by Crippen LogP contribution is -2.60. The van der Waals surface area contributed by atoms with Crippen LogP contribution in [0.4, 0.5) is 4.79 Å². The van der Waals surface area contributed by atoms with Crippen LogP contribution >= 0.6 is 0 Å². The molecular weight excluding hydrogens is 789 g/mol. The van der Waals surface area contributed by atoms with Gasteiger partial charge in [0.2, 0.25) is 27.7 Å². The zero-order valence-electron chi connectivity index (χ0n) is 35.3. The number of aromatic nitrogens is 1. The molecule has 3 saturated carbocycles. The minimum atomic E-state index is -4.00.